The Labute approximate surface area is 193 Å². The van der Waals surface area contributed by atoms with E-state index in [0.717, 1.165) is 33.3 Å². The van der Waals surface area contributed by atoms with Gasteiger partial charge in [-0.25, -0.2) is 23.4 Å². The molecule has 7 nitrogen and oxygen atoms in total. The van der Waals surface area contributed by atoms with Crippen LogP contribution in [0.2, 0.25) is 0 Å². The summed E-state index contributed by atoms with van der Waals surface area (Å²) in [6, 6.07) is 6.62. The third-order valence-electron chi connectivity index (χ3n) is 6.18. The first-order valence-electron chi connectivity index (χ1n) is 10.6. The van der Waals surface area contributed by atoms with Gasteiger partial charge in [-0.1, -0.05) is 6.07 Å². The van der Waals surface area contributed by atoms with Crippen LogP contribution < -0.4 is 0 Å². The van der Waals surface area contributed by atoms with E-state index in [-0.39, 0.29) is 12.1 Å². The third kappa shape index (κ3) is 4.17. The van der Waals surface area contributed by atoms with E-state index in [1.54, 1.807) is 23.7 Å². The van der Waals surface area contributed by atoms with E-state index in [4.69, 9.17) is 4.98 Å². The van der Waals surface area contributed by atoms with Crippen molar-refractivity contribution < 1.29 is 13.9 Å². The highest BCUT2D eigenvalue weighted by atomic mass is 32.1. The standard InChI is InChI=1S/C23H22F2N6OS/c1-15(23(32,12-31-14-27-13-28-31)18-5-4-17(24)9-19(18)25)30-8-6-20-21(11-30)33-22(29-20)16-3-2-7-26-10-16/h2-5,7,9-10,13-15,32H,6,8,11-12H2,1H3/t15-,23-/m1/s1. The lowest BCUT2D eigenvalue weighted by atomic mass is 9.85. The van der Waals surface area contributed by atoms with Gasteiger partial charge in [-0.2, -0.15) is 5.10 Å². The number of pyridine rings is 1. The van der Waals surface area contributed by atoms with Gasteiger partial charge < -0.3 is 5.11 Å². The van der Waals surface area contributed by atoms with E-state index in [1.165, 1.54) is 23.4 Å². The summed E-state index contributed by atoms with van der Waals surface area (Å²) in [6.07, 6.45) is 7.05. The number of rotatable bonds is 6. The van der Waals surface area contributed by atoms with Gasteiger partial charge in [-0.05, 0) is 25.1 Å². The van der Waals surface area contributed by atoms with Gasteiger partial charge in [0.25, 0.3) is 0 Å². The summed E-state index contributed by atoms with van der Waals surface area (Å²) < 4.78 is 29.9. The number of halogens is 2. The maximum atomic E-state index is 14.9. The minimum atomic E-state index is -1.67. The molecule has 4 aromatic rings. The van der Waals surface area contributed by atoms with Crippen LogP contribution in [0.5, 0.6) is 0 Å². The van der Waals surface area contributed by atoms with E-state index in [2.05, 4.69) is 20.0 Å². The molecule has 0 aliphatic carbocycles. The Morgan fingerprint density at radius 3 is 2.85 bits per heavy atom. The van der Waals surface area contributed by atoms with E-state index in [0.29, 0.717) is 19.5 Å². The first-order valence-corrected chi connectivity index (χ1v) is 11.4. The maximum absolute atomic E-state index is 14.9. The molecular weight excluding hydrogens is 446 g/mol. The van der Waals surface area contributed by atoms with Gasteiger partial charge in [-0.15, -0.1) is 11.3 Å². The normalized spacial score (nSPS) is 16.8. The molecule has 170 valence electrons. The number of benzene rings is 1. The first-order chi connectivity index (χ1) is 15.9. The summed E-state index contributed by atoms with van der Waals surface area (Å²) in [7, 11) is 0. The molecule has 0 radical (unpaired) electrons. The number of thiazole rings is 1. The van der Waals surface area contributed by atoms with Crippen LogP contribution in [0.1, 0.15) is 23.1 Å². The zero-order valence-electron chi connectivity index (χ0n) is 17.9. The van der Waals surface area contributed by atoms with E-state index < -0.39 is 23.3 Å². The Balaban J connectivity index is 1.46. The fourth-order valence-corrected chi connectivity index (χ4v) is 5.43. The van der Waals surface area contributed by atoms with Crippen molar-refractivity contribution in [1.82, 2.24) is 29.6 Å². The molecule has 10 heteroatoms. The predicted molar refractivity (Wildman–Crippen MR) is 119 cm³/mol. The number of fused-ring (bicyclic) bond motifs is 1. The molecule has 0 unspecified atom stereocenters. The van der Waals surface area contributed by atoms with Gasteiger partial charge in [0.15, 0.2) is 0 Å². The highest BCUT2D eigenvalue weighted by molar-refractivity contribution is 7.15. The molecular formula is C23H22F2N6OS. The summed E-state index contributed by atoms with van der Waals surface area (Å²) >= 11 is 1.60. The Morgan fingerprint density at radius 1 is 1.24 bits per heavy atom. The Bertz CT molecular complexity index is 1250. The second-order valence-corrected chi connectivity index (χ2v) is 9.25. The average Bonchev–Trinajstić information content (AvgIpc) is 3.48. The van der Waals surface area contributed by atoms with Crippen LogP contribution in [0.4, 0.5) is 8.78 Å². The summed E-state index contributed by atoms with van der Waals surface area (Å²) in [6.45, 7) is 3.04. The van der Waals surface area contributed by atoms with Crippen LogP contribution in [-0.2, 0) is 25.1 Å². The van der Waals surface area contributed by atoms with Crippen molar-refractivity contribution in [3.05, 3.63) is 83.1 Å². The highest BCUT2D eigenvalue weighted by Crippen LogP contribution is 2.37. The molecule has 0 bridgehead atoms. The number of aromatic nitrogens is 5. The van der Waals surface area contributed by atoms with Gasteiger partial charge >= 0.3 is 0 Å². The fraction of sp³-hybridized carbons (Fsp3) is 0.304. The van der Waals surface area contributed by atoms with Crippen molar-refractivity contribution in [2.75, 3.05) is 6.54 Å². The monoisotopic (exact) mass is 468 g/mol. The molecule has 33 heavy (non-hydrogen) atoms. The molecule has 0 spiro atoms. The van der Waals surface area contributed by atoms with Crippen molar-refractivity contribution in [2.24, 2.45) is 0 Å². The second kappa shape index (κ2) is 8.69. The van der Waals surface area contributed by atoms with Crippen molar-refractivity contribution in [1.29, 1.82) is 0 Å². The quantitative estimate of drug-likeness (QED) is 0.467. The molecule has 5 rings (SSSR count). The molecule has 1 aromatic carbocycles. The smallest absolute Gasteiger partial charge is 0.137 e. The predicted octanol–water partition coefficient (Wildman–Crippen LogP) is 3.41. The molecule has 2 atom stereocenters. The van der Waals surface area contributed by atoms with Crippen molar-refractivity contribution >= 4 is 11.3 Å². The lowest BCUT2D eigenvalue weighted by Crippen LogP contribution is -2.53. The molecule has 0 amide bonds. The summed E-state index contributed by atoms with van der Waals surface area (Å²) in [4.78, 5) is 16.1. The Morgan fingerprint density at radius 2 is 2.12 bits per heavy atom. The van der Waals surface area contributed by atoms with Crippen LogP contribution in [0.25, 0.3) is 10.6 Å². The van der Waals surface area contributed by atoms with Gasteiger partial charge in [0, 0.05) is 60.0 Å². The zero-order valence-corrected chi connectivity index (χ0v) is 18.7. The second-order valence-electron chi connectivity index (χ2n) is 8.17. The third-order valence-corrected chi connectivity index (χ3v) is 7.31. The molecule has 4 heterocycles. The number of aliphatic hydroxyl groups is 1. The molecule has 1 N–H and O–H groups in total. The van der Waals surface area contributed by atoms with Gasteiger partial charge in [0.05, 0.1) is 12.2 Å². The van der Waals surface area contributed by atoms with Crippen LogP contribution in [0.3, 0.4) is 0 Å². The Hall–Kier alpha value is -3.08. The lowest BCUT2D eigenvalue weighted by Gasteiger charge is -2.42. The number of hydrogen-bond acceptors (Lipinski definition) is 7. The zero-order chi connectivity index (χ0) is 23.0. The van der Waals surface area contributed by atoms with Gasteiger partial charge in [0.2, 0.25) is 0 Å². The average molecular weight is 469 g/mol. The molecule has 0 saturated carbocycles. The molecule has 0 fully saturated rings. The van der Waals surface area contributed by atoms with E-state index >= 15 is 0 Å². The number of hydrogen-bond donors (Lipinski definition) is 1. The van der Waals surface area contributed by atoms with Crippen LogP contribution >= 0.6 is 11.3 Å². The van der Waals surface area contributed by atoms with Crippen LogP contribution in [0, 0.1) is 11.6 Å². The summed E-state index contributed by atoms with van der Waals surface area (Å²) in [5.41, 5.74) is 0.362. The Kier molecular flexibility index (Phi) is 5.73. The molecule has 1 aliphatic rings. The molecule has 0 saturated heterocycles. The maximum Gasteiger partial charge on any atom is 0.137 e. The largest absolute Gasteiger partial charge is 0.381 e. The minimum Gasteiger partial charge on any atom is -0.381 e. The van der Waals surface area contributed by atoms with Crippen molar-refractivity contribution in [3.8, 4) is 10.6 Å². The SMILES string of the molecule is C[C@@H](N1CCc2nc(-c3cccnc3)sc2C1)[C@](O)(Cn1cncn1)c1ccc(F)cc1F. The molecule has 3 aromatic heterocycles. The number of nitrogens with zero attached hydrogens (tertiary/aromatic N) is 6. The summed E-state index contributed by atoms with van der Waals surface area (Å²) in [5, 5.41) is 16.9. The fourth-order valence-electron chi connectivity index (χ4n) is 4.30. The highest BCUT2D eigenvalue weighted by Gasteiger charge is 2.43. The lowest BCUT2D eigenvalue weighted by molar-refractivity contribution is -0.0675. The van der Waals surface area contributed by atoms with Crippen molar-refractivity contribution in [3.63, 3.8) is 0 Å². The first kappa shape index (κ1) is 21.7. The van der Waals surface area contributed by atoms with E-state index in [9.17, 15) is 13.9 Å². The van der Waals surface area contributed by atoms with Crippen LogP contribution in [-0.4, -0.2) is 47.3 Å². The minimum absolute atomic E-state index is 0.0241. The van der Waals surface area contributed by atoms with E-state index in [1.807, 2.05) is 19.1 Å². The van der Waals surface area contributed by atoms with Gasteiger partial charge in [-0.3, -0.25) is 9.88 Å². The van der Waals surface area contributed by atoms with Gasteiger partial charge in [0.1, 0.15) is 34.9 Å². The summed E-state index contributed by atoms with van der Waals surface area (Å²) in [5.74, 6) is -1.49. The van der Waals surface area contributed by atoms with Crippen LogP contribution in [0.15, 0.2) is 55.4 Å². The van der Waals surface area contributed by atoms with Crippen molar-refractivity contribution in [2.45, 2.75) is 38.1 Å². The topological polar surface area (TPSA) is 80.0 Å². The molecule has 1 aliphatic heterocycles.